The van der Waals surface area contributed by atoms with Crippen LogP contribution in [0, 0.1) is 6.92 Å². The van der Waals surface area contributed by atoms with Crippen molar-refractivity contribution in [2.45, 2.75) is 12.6 Å². The summed E-state index contributed by atoms with van der Waals surface area (Å²) in [6, 6.07) is 3.61. The van der Waals surface area contributed by atoms with E-state index in [1.54, 1.807) is 6.07 Å². The SMILES string of the molecule is Cc1cc(Br)nc(C2(F)COC2)c1. The second kappa shape index (κ2) is 3.03. The van der Waals surface area contributed by atoms with Gasteiger partial charge in [-0.25, -0.2) is 9.37 Å². The second-order valence-corrected chi connectivity index (χ2v) is 4.12. The Hall–Kier alpha value is -0.480. The van der Waals surface area contributed by atoms with E-state index in [9.17, 15) is 4.39 Å². The zero-order valence-corrected chi connectivity index (χ0v) is 8.77. The van der Waals surface area contributed by atoms with Crippen LogP contribution in [-0.2, 0) is 10.4 Å². The molecule has 1 aromatic rings. The van der Waals surface area contributed by atoms with Gasteiger partial charge in [0.25, 0.3) is 0 Å². The fourth-order valence-electron chi connectivity index (χ4n) is 1.28. The van der Waals surface area contributed by atoms with Crippen LogP contribution in [0.4, 0.5) is 4.39 Å². The molecule has 13 heavy (non-hydrogen) atoms. The first-order valence-corrected chi connectivity index (χ1v) is 4.81. The summed E-state index contributed by atoms with van der Waals surface area (Å²) in [6.45, 7) is 2.16. The smallest absolute Gasteiger partial charge is 0.198 e. The van der Waals surface area contributed by atoms with Crippen LogP contribution in [0.15, 0.2) is 16.7 Å². The molecule has 70 valence electrons. The van der Waals surface area contributed by atoms with Crippen molar-refractivity contribution in [2.24, 2.45) is 0 Å². The molecule has 0 unspecified atom stereocenters. The van der Waals surface area contributed by atoms with Crippen molar-refractivity contribution in [1.82, 2.24) is 4.98 Å². The van der Waals surface area contributed by atoms with Crippen LogP contribution < -0.4 is 0 Å². The molecule has 1 saturated heterocycles. The third-order valence-electron chi connectivity index (χ3n) is 2.06. The van der Waals surface area contributed by atoms with E-state index < -0.39 is 5.67 Å². The summed E-state index contributed by atoms with van der Waals surface area (Å²) in [5.41, 5.74) is 0.0978. The standard InChI is InChI=1S/C9H9BrFNO/c1-6-2-7(12-8(10)3-6)9(11)4-13-5-9/h2-3H,4-5H2,1H3. The molecule has 0 spiro atoms. The van der Waals surface area contributed by atoms with Crippen molar-refractivity contribution >= 4 is 15.9 Å². The van der Waals surface area contributed by atoms with Crippen LogP contribution in [0.3, 0.4) is 0 Å². The number of hydrogen-bond donors (Lipinski definition) is 0. The molecule has 0 atom stereocenters. The number of alkyl halides is 1. The van der Waals surface area contributed by atoms with E-state index in [0.717, 1.165) is 5.56 Å². The summed E-state index contributed by atoms with van der Waals surface area (Å²) in [5.74, 6) is 0. The van der Waals surface area contributed by atoms with Gasteiger partial charge in [0.05, 0.1) is 18.9 Å². The average molecular weight is 246 g/mol. The maximum Gasteiger partial charge on any atom is 0.198 e. The Balaban J connectivity index is 2.39. The van der Waals surface area contributed by atoms with E-state index in [1.807, 2.05) is 13.0 Å². The number of pyridine rings is 1. The molecule has 2 heterocycles. The number of nitrogens with zero attached hydrogens (tertiary/aromatic N) is 1. The lowest BCUT2D eigenvalue weighted by Crippen LogP contribution is -2.43. The fourth-order valence-corrected chi connectivity index (χ4v) is 1.84. The van der Waals surface area contributed by atoms with E-state index in [4.69, 9.17) is 4.74 Å². The maximum absolute atomic E-state index is 13.8. The fraction of sp³-hybridized carbons (Fsp3) is 0.444. The number of hydrogen-bond acceptors (Lipinski definition) is 2. The van der Waals surface area contributed by atoms with Gasteiger partial charge in [-0.05, 0) is 40.5 Å². The monoisotopic (exact) mass is 245 g/mol. The first kappa shape index (κ1) is 9.09. The molecule has 0 aliphatic carbocycles. The van der Waals surface area contributed by atoms with Crippen molar-refractivity contribution in [3.05, 3.63) is 28.0 Å². The molecular formula is C9H9BrFNO. The molecule has 0 amide bonds. The molecular weight excluding hydrogens is 237 g/mol. The Morgan fingerprint density at radius 3 is 2.69 bits per heavy atom. The van der Waals surface area contributed by atoms with Crippen LogP contribution >= 0.6 is 15.9 Å². The molecule has 1 fully saturated rings. The first-order chi connectivity index (χ1) is 6.10. The van der Waals surface area contributed by atoms with Crippen LogP contribution in [0.2, 0.25) is 0 Å². The van der Waals surface area contributed by atoms with Gasteiger partial charge in [0.15, 0.2) is 5.67 Å². The van der Waals surface area contributed by atoms with Crippen molar-refractivity contribution in [2.75, 3.05) is 13.2 Å². The molecule has 4 heteroatoms. The van der Waals surface area contributed by atoms with Crippen molar-refractivity contribution in [3.63, 3.8) is 0 Å². The lowest BCUT2D eigenvalue weighted by Gasteiger charge is -2.33. The quantitative estimate of drug-likeness (QED) is 0.709. The van der Waals surface area contributed by atoms with Crippen molar-refractivity contribution in [3.8, 4) is 0 Å². The number of aromatic nitrogens is 1. The molecule has 1 aliphatic rings. The summed E-state index contributed by atoms with van der Waals surface area (Å²) in [6.07, 6.45) is 0. The summed E-state index contributed by atoms with van der Waals surface area (Å²) in [5, 5.41) is 0. The molecule has 0 radical (unpaired) electrons. The third-order valence-corrected chi connectivity index (χ3v) is 2.47. The number of ether oxygens (including phenoxy) is 1. The zero-order valence-electron chi connectivity index (χ0n) is 7.18. The Kier molecular flexibility index (Phi) is 2.12. The Labute approximate surface area is 84.3 Å². The van der Waals surface area contributed by atoms with Gasteiger partial charge < -0.3 is 4.74 Å². The minimum Gasteiger partial charge on any atom is -0.374 e. The summed E-state index contributed by atoms with van der Waals surface area (Å²) < 4.78 is 19.3. The van der Waals surface area contributed by atoms with Crippen molar-refractivity contribution < 1.29 is 9.13 Å². The van der Waals surface area contributed by atoms with Gasteiger partial charge in [-0.1, -0.05) is 0 Å². The van der Waals surface area contributed by atoms with Gasteiger partial charge in [-0.15, -0.1) is 0 Å². The largest absolute Gasteiger partial charge is 0.374 e. The summed E-state index contributed by atoms with van der Waals surface area (Å²) in [4.78, 5) is 4.09. The van der Waals surface area contributed by atoms with E-state index in [2.05, 4.69) is 20.9 Å². The van der Waals surface area contributed by atoms with Gasteiger partial charge in [-0.3, -0.25) is 0 Å². The Bertz CT molecular complexity index is 318. The molecule has 0 aromatic carbocycles. The topological polar surface area (TPSA) is 22.1 Å². The van der Waals surface area contributed by atoms with Gasteiger partial charge >= 0.3 is 0 Å². The predicted molar refractivity (Wildman–Crippen MR) is 50.3 cm³/mol. The van der Waals surface area contributed by atoms with Crippen LogP contribution in [0.25, 0.3) is 0 Å². The number of rotatable bonds is 1. The highest BCUT2D eigenvalue weighted by atomic mass is 79.9. The van der Waals surface area contributed by atoms with E-state index in [0.29, 0.717) is 10.3 Å². The minimum atomic E-state index is -1.37. The lowest BCUT2D eigenvalue weighted by molar-refractivity contribution is -0.137. The van der Waals surface area contributed by atoms with Crippen molar-refractivity contribution in [1.29, 1.82) is 0 Å². The van der Waals surface area contributed by atoms with Gasteiger partial charge in [0.2, 0.25) is 0 Å². The number of halogens is 2. The highest BCUT2D eigenvalue weighted by Gasteiger charge is 2.42. The molecule has 2 nitrogen and oxygen atoms in total. The number of aryl methyl sites for hydroxylation is 1. The van der Waals surface area contributed by atoms with Gasteiger partial charge in [0.1, 0.15) is 4.60 Å². The molecule has 2 rings (SSSR count). The van der Waals surface area contributed by atoms with E-state index >= 15 is 0 Å². The second-order valence-electron chi connectivity index (χ2n) is 3.31. The van der Waals surface area contributed by atoms with E-state index in [-0.39, 0.29) is 13.2 Å². The predicted octanol–water partition coefficient (Wildman–Crippen LogP) is 2.35. The van der Waals surface area contributed by atoms with Crippen LogP contribution in [-0.4, -0.2) is 18.2 Å². The van der Waals surface area contributed by atoms with E-state index in [1.165, 1.54) is 0 Å². The molecule has 0 bridgehead atoms. The Morgan fingerprint density at radius 1 is 1.54 bits per heavy atom. The van der Waals surface area contributed by atoms with Crippen LogP contribution in [0.1, 0.15) is 11.3 Å². The molecule has 0 N–H and O–H groups in total. The lowest BCUT2D eigenvalue weighted by atomic mass is 9.98. The minimum absolute atomic E-state index is 0.121. The van der Waals surface area contributed by atoms with Gasteiger partial charge in [0, 0.05) is 0 Å². The highest BCUT2D eigenvalue weighted by molar-refractivity contribution is 9.10. The molecule has 1 aliphatic heterocycles. The summed E-state index contributed by atoms with van der Waals surface area (Å²) >= 11 is 3.24. The highest BCUT2D eigenvalue weighted by Crippen LogP contribution is 2.33. The molecule has 0 saturated carbocycles. The normalized spacial score (nSPS) is 19.6. The third kappa shape index (κ3) is 1.60. The summed E-state index contributed by atoms with van der Waals surface area (Å²) in [7, 11) is 0. The average Bonchev–Trinajstić information content (AvgIpc) is 1.98. The van der Waals surface area contributed by atoms with Gasteiger partial charge in [-0.2, -0.15) is 0 Å². The Morgan fingerprint density at radius 2 is 2.23 bits per heavy atom. The zero-order chi connectivity index (χ0) is 9.47. The van der Waals surface area contributed by atoms with Crippen LogP contribution in [0.5, 0.6) is 0 Å². The molecule has 1 aromatic heterocycles. The maximum atomic E-state index is 13.8. The first-order valence-electron chi connectivity index (χ1n) is 4.01.